The Labute approximate surface area is 365 Å². The van der Waals surface area contributed by atoms with Crippen LogP contribution in [0, 0.1) is 0 Å². The Kier molecular flexibility index (Phi) is 22.4. The van der Waals surface area contributed by atoms with Gasteiger partial charge in [0.05, 0.1) is 25.4 Å². The molecule has 1 radical (unpaired) electrons. The van der Waals surface area contributed by atoms with Crippen molar-refractivity contribution in [2.45, 2.75) is 174 Å². The fourth-order valence-corrected chi connectivity index (χ4v) is 13.8. The summed E-state index contributed by atoms with van der Waals surface area (Å²) in [5, 5.41) is 0. The van der Waals surface area contributed by atoms with Gasteiger partial charge in [0, 0.05) is 6.07 Å². The minimum atomic E-state index is -1.67. The molecule has 1 saturated carbocycles. The lowest BCUT2D eigenvalue weighted by Gasteiger charge is -2.29. The second kappa shape index (κ2) is 27.4. The van der Waals surface area contributed by atoms with Crippen molar-refractivity contribution >= 4 is 29.3 Å². The first kappa shape index (κ1) is 49.1. The molecule has 0 N–H and O–H groups in total. The van der Waals surface area contributed by atoms with Gasteiger partial charge in [-0.15, -0.1) is 0 Å². The molecule has 0 aliphatic heterocycles. The van der Waals surface area contributed by atoms with E-state index >= 15 is 0 Å². The summed E-state index contributed by atoms with van der Waals surface area (Å²) in [7, 11) is -2.38. The van der Waals surface area contributed by atoms with Crippen LogP contribution in [0.4, 0.5) is 0 Å². The zero-order chi connectivity index (χ0) is 43.0. The van der Waals surface area contributed by atoms with E-state index in [0.29, 0.717) is 48.4 Å². The quantitative estimate of drug-likeness (QED) is 0.0295. The topological polar surface area (TPSA) is 89.5 Å². The number of esters is 2. The van der Waals surface area contributed by atoms with Gasteiger partial charge in [-0.25, -0.2) is 9.59 Å². The van der Waals surface area contributed by atoms with Gasteiger partial charge < -0.3 is 27.8 Å². The summed E-state index contributed by atoms with van der Waals surface area (Å²) >= 11 is 0. The first-order valence-corrected chi connectivity index (χ1v) is 28.7. The van der Waals surface area contributed by atoms with Crippen molar-refractivity contribution in [2.24, 2.45) is 0 Å². The SMILES string of the molecule is CCCCCCCCOc1ccc(C(=O)Oc2ccc(C3CCC(OC(=O)c4ccc(OCCCCCCCC)cc4OCCCC[Si](C)(C)O[Si](C)C)CC3)cc2)cc1. The van der Waals surface area contributed by atoms with Crippen molar-refractivity contribution in [1.82, 2.24) is 0 Å². The molecule has 3 aromatic rings. The van der Waals surface area contributed by atoms with Gasteiger partial charge in [-0.1, -0.05) is 96.6 Å². The molecule has 4 rings (SSSR count). The van der Waals surface area contributed by atoms with Crippen LogP contribution in [0.25, 0.3) is 0 Å². The molecule has 0 bridgehead atoms. The third kappa shape index (κ3) is 18.6. The van der Waals surface area contributed by atoms with Crippen LogP contribution in [0.15, 0.2) is 66.7 Å². The van der Waals surface area contributed by atoms with Crippen molar-refractivity contribution in [1.29, 1.82) is 0 Å². The van der Waals surface area contributed by atoms with Gasteiger partial charge in [-0.05, 0) is 137 Å². The van der Waals surface area contributed by atoms with Crippen molar-refractivity contribution in [3.8, 4) is 23.0 Å². The normalized spacial score (nSPS) is 15.4. The molecule has 0 saturated heterocycles. The minimum Gasteiger partial charge on any atom is -0.494 e. The predicted octanol–water partition coefficient (Wildman–Crippen LogP) is 13.9. The molecular formula is C50H75O8Si2. The summed E-state index contributed by atoms with van der Waals surface area (Å²) in [4.78, 5) is 26.5. The van der Waals surface area contributed by atoms with Crippen molar-refractivity contribution in [3.63, 3.8) is 0 Å². The summed E-state index contributed by atoms with van der Waals surface area (Å²) in [6, 6.07) is 21.6. The van der Waals surface area contributed by atoms with Crippen molar-refractivity contribution < 1.29 is 37.4 Å². The zero-order valence-electron chi connectivity index (χ0n) is 37.8. The molecule has 0 atom stereocenters. The molecule has 0 aromatic heterocycles. The molecule has 1 fully saturated rings. The highest BCUT2D eigenvalue weighted by molar-refractivity contribution is 6.77. The molecule has 10 heteroatoms. The van der Waals surface area contributed by atoms with Crippen molar-refractivity contribution in [3.05, 3.63) is 83.4 Å². The van der Waals surface area contributed by atoms with Gasteiger partial charge in [0.1, 0.15) is 34.7 Å². The smallest absolute Gasteiger partial charge is 0.343 e. The number of ether oxygens (including phenoxy) is 5. The van der Waals surface area contributed by atoms with Crippen LogP contribution < -0.4 is 18.9 Å². The molecule has 8 nitrogen and oxygen atoms in total. The van der Waals surface area contributed by atoms with Crippen LogP contribution in [0.1, 0.15) is 162 Å². The van der Waals surface area contributed by atoms with Crippen LogP contribution in [-0.4, -0.2) is 55.2 Å². The summed E-state index contributed by atoms with van der Waals surface area (Å²) in [5.41, 5.74) is 2.13. The third-order valence-electron chi connectivity index (χ3n) is 11.2. The predicted molar refractivity (Wildman–Crippen MR) is 248 cm³/mol. The van der Waals surface area contributed by atoms with Gasteiger partial charge in [0.25, 0.3) is 0 Å². The maximum atomic E-state index is 13.6. The molecule has 0 amide bonds. The summed E-state index contributed by atoms with van der Waals surface area (Å²) in [6.45, 7) is 15.3. The molecule has 3 aromatic carbocycles. The number of carbonyl (C=O) groups is 2. The second-order valence-corrected chi connectivity index (χ2v) is 24.0. The fourth-order valence-electron chi connectivity index (χ4n) is 7.85. The highest BCUT2D eigenvalue weighted by Crippen LogP contribution is 2.36. The largest absolute Gasteiger partial charge is 0.494 e. The second-order valence-electron chi connectivity index (χ2n) is 17.3. The van der Waals surface area contributed by atoms with Gasteiger partial charge in [-0.3, -0.25) is 0 Å². The van der Waals surface area contributed by atoms with E-state index in [2.05, 4.69) is 40.0 Å². The van der Waals surface area contributed by atoms with Gasteiger partial charge in [0.15, 0.2) is 17.4 Å². The average Bonchev–Trinajstić information content (AvgIpc) is 3.23. The van der Waals surface area contributed by atoms with Crippen LogP contribution >= 0.6 is 0 Å². The Morgan fingerprint density at radius 1 is 0.600 bits per heavy atom. The molecule has 1 aliphatic carbocycles. The van der Waals surface area contributed by atoms with Crippen LogP contribution in [0.3, 0.4) is 0 Å². The zero-order valence-corrected chi connectivity index (χ0v) is 39.8. The van der Waals surface area contributed by atoms with E-state index in [1.54, 1.807) is 18.2 Å². The Balaban J connectivity index is 1.24. The van der Waals surface area contributed by atoms with Crippen LogP contribution in [0.2, 0.25) is 32.2 Å². The Bertz CT molecular complexity index is 1650. The number of benzene rings is 3. The molecule has 1 aliphatic rings. The summed E-state index contributed by atoms with van der Waals surface area (Å²) in [5.74, 6) is 2.13. The lowest BCUT2D eigenvalue weighted by molar-refractivity contribution is 0.0191. The molecule has 331 valence electrons. The lowest BCUT2D eigenvalue weighted by atomic mass is 9.83. The standard InChI is InChI=1S/C50H75O8Si2/c1-7-9-11-13-15-17-35-53-43-27-25-42(26-28-43)49(51)56-44-29-21-40(22-30-44)41-23-31-45(32-24-41)57-50(52)47-34-33-46(54-36-18-16-14-12-10-8-2)39-48(47)55-37-19-20-38-60(5,6)58-59(3)4/h21-22,25-30,33-34,39,41,45H,7-20,23-24,31-32,35-38H2,1-6H3. The number of carbonyl (C=O) groups excluding carboxylic acids is 2. The van der Waals surface area contributed by atoms with Gasteiger partial charge in [0.2, 0.25) is 0 Å². The van der Waals surface area contributed by atoms with E-state index in [-0.39, 0.29) is 12.1 Å². The van der Waals surface area contributed by atoms with E-state index in [9.17, 15) is 9.59 Å². The Morgan fingerprint density at radius 3 is 1.75 bits per heavy atom. The maximum Gasteiger partial charge on any atom is 0.343 e. The number of hydrogen-bond acceptors (Lipinski definition) is 8. The van der Waals surface area contributed by atoms with Gasteiger partial charge in [-0.2, -0.15) is 0 Å². The highest BCUT2D eigenvalue weighted by Gasteiger charge is 2.27. The molecule has 0 spiro atoms. The first-order valence-electron chi connectivity index (χ1n) is 23.2. The van der Waals surface area contributed by atoms with E-state index in [0.717, 1.165) is 75.3 Å². The number of unbranched alkanes of at least 4 members (excludes halogenated alkanes) is 11. The van der Waals surface area contributed by atoms with E-state index < -0.39 is 23.3 Å². The molecular weight excluding hydrogens is 785 g/mol. The Morgan fingerprint density at radius 2 is 1.13 bits per heavy atom. The molecule has 0 heterocycles. The van der Waals surface area contributed by atoms with Crippen LogP contribution in [-0.2, 0) is 8.85 Å². The third-order valence-corrected chi connectivity index (χ3v) is 16.6. The maximum absolute atomic E-state index is 13.6. The molecule has 60 heavy (non-hydrogen) atoms. The fraction of sp³-hybridized carbons (Fsp3) is 0.600. The van der Waals surface area contributed by atoms with E-state index in [1.807, 2.05) is 48.5 Å². The average molecular weight is 860 g/mol. The van der Waals surface area contributed by atoms with E-state index in [4.69, 9.17) is 27.8 Å². The Hall–Kier alpha value is -3.61. The van der Waals surface area contributed by atoms with Crippen LogP contribution in [0.5, 0.6) is 23.0 Å². The van der Waals surface area contributed by atoms with Gasteiger partial charge >= 0.3 is 11.9 Å². The first-order chi connectivity index (χ1) is 29.1. The monoisotopic (exact) mass is 860 g/mol. The highest BCUT2D eigenvalue weighted by atomic mass is 28.4. The molecule has 0 unspecified atom stereocenters. The number of hydrogen-bond donors (Lipinski definition) is 0. The number of rotatable bonds is 29. The lowest BCUT2D eigenvalue weighted by Crippen LogP contribution is -2.35. The van der Waals surface area contributed by atoms with Crippen molar-refractivity contribution in [2.75, 3.05) is 19.8 Å². The summed E-state index contributed by atoms with van der Waals surface area (Å²) in [6.07, 6.45) is 19.6. The summed E-state index contributed by atoms with van der Waals surface area (Å²) < 4.78 is 36.4. The van der Waals surface area contributed by atoms with E-state index in [1.165, 1.54) is 63.4 Å². The minimum absolute atomic E-state index is 0.159.